The Labute approximate surface area is 118 Å². The molecule has 0 radical (unpaired) electrons. The second-order valence-electron chi connectivity index (χ2n) is 4.48. The normalized spacial score (nSPS) is 11.3. The lowest BCUT2D eigenvalue weighted by Crippen LogP contribution is -2.03. The third-order valence-electron chi connectivity index (χ3n) is 3.28. The van der Waals surface area contributed by atoms with E-state index < -0.39 is 0 Å². The minimum Gasteiger partial charge on any atom is -0.479 e. The van der Waals surface area contributed by atoms with Gasteiger partial charge in [0.25, 0.3) is 0 Å². The van der Waals surface area contributed by atoms with E-state index in [9.17, 15) is 0 Å². The number of nitrogens with zero attached hydrogens (tertiary/aromatic N) is 6. The van der Waals surface area contributed by atoms with Gasteiger partial charge in [0.05, 0.1) is 7.11 Å². The van der Waals surface area contributed by atoms with Crippen LogP contribution in [0.1, 0.15) is 0 Å². The number of anilines is 1. The number of nitrogens with two attached hydrogens (primary N) is 1. The fourth-order valence-corrected chi connectivity index (χ4v) is 2.37. The van der Waals surface area contributed by atoms with Crippen LogP contribution in [0.25, 0.3) is 22.3 Å². The number of aromatic nitrogens is 6. The molecule has 0 bridgehead atoms. The summed E-state index contributed by atoms with van der Waals surface area (Å²) in [6.45, 7) is 0. The maximum absolute atomic E-state index is 5.66. The maximum Gasteiger partial charge on any atom is 0.243 e. The van der Waals surface area contributed by atoms with Gasteiger partial charge < -0.3 is 10.5 Å². The van der Waals surface area contributed by atoms with Gasteiger partial charge in [0.1, 0.15) is 11.8 Å². The Bertz CT molecular complexity index is 956. The minimum absolute atomic E-state index is 0.161. The maximum atomic E-state index is 5.66. The molecule has 21 heavy (non-hydrogen) atoms. The number of ether oxygens (including phenoxy) is 1. The topological polar surface area (TPSA) is 95.6 Å². The zero-order valence-electron chi connectivity index (χ0n) is 11.1. The molecule has 0 aliphatic heterocycles. The van der Waals surface area contributed by atoms with Crippen LogP contribution >= 0.6 is 0 Å². The van der Waals surface area contributed by atoms with Gasteiger partial charge in [0, 0.05) is 18.0 Å². The number of fused-ring (bicyclic) bond motifs is 2. The first-order valence-electron chi connectivity index (χ1n) is 6.25. The highest BCUT2D eigenvalue weighted by atomic mass is 16.5. The Morgan fingerprint density at radius 2 is 2.05 bits per heavy atom. The van der Waals surface area contributed by atoms with Crippen LogP contribution in [0.3, 0.4) is 0 Å². The molecule has 0 unspecified atom stereocenters. The molecule has 0 aliphatic rings. The quantitative estimate of drug-likeness (QED) is 0.589. The average Bonchev–Trinajstić information content (AvgIpc) is 3.11. The van der Waals surface area contributed by atoms with Crippen molar-refractivity contribution in [1.29, 1.82) is 0 Å². The number of pyridine rings is 1. The van der Waals surface area contributed by atoms with Crippen molar-refractivity contribution in [1.82, 2.24) is 29.2 Å². The zero-order chi connectivity index (χ0) is 14.4. The number of hydrogen-bond acceptors (Lipinski definition) is 6. The van der Waals surface area contributed by atoms with Gasteiger partial charge in [-0.2, -0.15) is 10.1 Å². The molecule has 0 aliphatic carbocycles. The number of rotatable bonds is 2. The van der Waals surface area contributed by atoms with Crippen molar-refractivity contribution in [2.75, 3.05) is 12.8 Å². The van der Waals surface area contributed by atoms with Crippen LogP contribution in [-0.4, -0.2) is 36.3 Å². The highest BCUT2D eigenvalue weighted by Crippen LogP contribution is 2.31. The number of nitrogen functional groups attached to an aromatic ring is 1. The highest BCUT2D eigenvalue weighted by molar-refractivity contribution is 5.85. The third-order valence-corrected chi connectivity index (χ3v) is 3.28. The van der Waals surface area contributed by atoms with Crippen LogP contribution in [0.4, 0.5) is 5.95 Å². The van der Waals surface area contributed by atoms with Gasteiger partial charge in [-0.1, -0.05) is 0 Å². The summed E-state index contributed by atoms with van der Waals surface area (Å²) in [5.41, 5.74) is 9.11. The second kappa shape index (κ2) is 4.17. The molecule has 4 aromatic rings. The zero-order valence-corrected chi connectivity index (χ0v) is 11.1. The van der Waals surface area contributed by atoms with E-state index in [0.29, 0.717) is 5.88 Å². The van der Waals surface area contributed by atoms with E-state index in [1.165, 1.54) is 6.33 Å². The van der Waals surface area contributed by atoms with Gasteiger partial charge in [0.2, 0.25) is 11.8 Å². The van der Waals surface area contributed by atoms with Gasteiger partial charge in [-0.15, -0.1) is 5.10 Å². The van der Waals surface area contributed by atoms with E-state index in [2.05, 4.69) is 20.2 Å². The van der Waals surface area contributed by atoms with Crippen LogP contribution in [-0.2, 0) is 0 Å². The lowest BCUT2D eigenvalue weighted by molar-refractivity contribution is 0.400. The largest absolute Gasteiger partial charge is 0.479 e. The Balaban J connectivity index is 2.01. The van der Waals surface area contributed by atoms with E-state index in [0.717, 1.165) is 22.3 Å². The van der Waals surface area contributed by atoms with Crippen LogP contribution in [0.5, 0.6) is 5.88 Å². The minimum atomic E-state index is 0.161. The standard InChI is InChI=1S/C13H11N7O/c1-21-12-11-9(3-5-20(11)18-13(14)17-12)8-2-4-19-10(6-8)15-7-16-19/h2-7H,1H3,(H2,14,18). The highest BCUT2D eigenvalue weighted by Gasteiger charge is 2.14. The first kappa shape index (κ1) is 11.6. The average molecular weight is 281 g/mol. The Kier molecular flexibility index (Phi) is 2.31. The van der Waals surface area contributed by atoms with Crippen LogP contribution in [0, 0.1) is 0 Å². The molecular formula is C13H11N7O. The lowest BCUT2D eigenvalue weighted by Gasteiger charge is -2.06. The third kappa shape index (κ3) is 1.69. The fourth-order valence-electron chi connectivity index (χ4n) is 2.37. The molecular weight excluding hydrogens is 270 g/mol. The van der Waals surface area contributed by atoms with Gasteiger partial charge >= 0.3 is 0 Å². The number of hydrogen-bond donors (Lipinski definition) is 1. The van der Waals surface area contributed by atoms with Crippen LogP contribution in [0.15, 0.2) is 36.9 Å². The van der Waals surface area contributed by atoms with Crippen molar-refractivity contribution in [3.05, 3.63) is 36.9 Å². The molecule has 2 N–H and O–H groups in total. The second-order valence-corrected chi connectivity index (χ2v) is 4.48. The van der Waals surface area contributed by atoms with Gasteiger partial charge in [-0.05, 0) is 23.8 Å². The van der Waals surface area contributed by atoms with Crippen LogP contribution in [0.2, 0.25) is 0 Å². The van der Waals surface area contributed by atoms with Gasteiger partial charge in [-0.3, -0.25) is 0 Å². The molecule has 0 fully saturated rings. The summed E-state index contributed by atoms with van der Waals surface area (Å²) < 4.78 is 8.68. The fraction of sp³-hybridized carbons (Fsp3) is 0.0769. The van der Waals surface area contributed by atoms with Crippen molar-refractivity contribution in [3.8, 4) is 17.0 Å². The van der Waals surface area contributed by atoms with E-state index in [1.807, 2.05) is 30.6 Å². The lowest BCUT2D eigenvalue weighted by atomic mass is 10.1. The van der Waals surface area contributed by atoms with Gasteiger partial charge in [0.15, 0.2) is 5.65 Å². The monoisotopic (exact) mass is 281 g/mol. The molecule has 0 saturated heterocycles. The Morgan fingerprint density at radius 3 is 2.90 bits per heavy atom. The van der Waals surface area contributed by atoms with E-state index >= 15 is 0 Å². The molecule has 0 spiro atoms. The van der Waals surface area contributed by atoms with Crippen LogP contribution < -0.4 is 10.5 Å². The van der Waals surface area contributed by atoms with Crippen molar-refractivity contribution in [2.45, 2.75) is 0 Å². The summed E-state index contributed by atoms with van der Waals surface area (Å²) in [7, 11) is 1.56. The summed E-state index contributed by atoms with van der Waals surface area (Å²) in [5, 5.41) is 8.24. The Morgan fingerprint density at radius 1 is 1.19 bits per heavy atom. The molecule has 0 amide bonds. The first-order chi connectivity index (χ1) is 10.3. The molecule has 8 nitrogen and oxygen atoms in total. The van der Waals surface area contributed by atoms with E-state index in [-0.39, 0.29) is 5.95 Å². The number of methoxy groups -OCH3 is 1. The molecule has 0 aromatic carbocycles. The molecule has 8 heteroatoms. The van der Waals surface area contributed by atoms with E-state index in [1.54, 1.807) is 16.1 Å². The van der Waals surface area contributed by atoms with Gasteiger partial charge in [-0.25, -0.2) is 14.0 Å². The predicted octanol–water partition coefficient (Wildman–Crippen LogP) is 1.03. The van der Waals surface area contributed by atoms with Crippen molar-refractivity contribution >= 4 is 17.1 Å². The molecule has 104 valence electrons. The molecule has 4 aromatic heterocycles. The smallest absolute Gasteiger partial charge is 0.243 e. The van der Waals surface area contributed by atoms with Crippen molar-refractivity contribution in [2.24, 2.45) is 0 Å². The summed E-state index contributed by atoms with van der Waals surface area (Å²) in [4.78, 5) is 8.31. The van der Waals surface area contributed by atoms with Crippen molar-refractivity contribution in [3.63, 3.8) is 0 Å². The molecule has 4 heterocycles. The molecule has 0 saturated carbocycles. The summed E-state index contributed by atoms with van der Waals surface area (Å²) in [5.74, 6) is 0.596. The Hall–Kier alpha value is -3.16. The van der Waals surface area contributed by atoms with E-state index in [4.69, 9.17) is 10.5 Å². The molecule has 0 atom stereocenters. The first-order valence-corrected chi connectivity index (χ1v) is 6.25. The van der Waals surface area contributed by atoms with Crippen molar-refractivity contribution < 1.29 is 4.74 Å². The SMILES string of the molecule is COc1nc(N)nn2ccc(-c3ccn4ncnc4c3)c12. The summed E-state index contributed by atoms with van der Waals surface area (Å²) in [6, 6.07) is 5.83. The predicted molar refractivity (Wildman–Crippen MR) is 75.9 cm³/mol. The summed E-state index contributed by atoms with van der Waals surface area (Å²) >= 11 is 0. The summed E-state index contributed by atoms with van der Waals surface area (Å²) in [6.07, 6.45) is 5.19. The molecule has 4 rings (SSSR count).